The van der Waals surface area contributed by atoms with Crippen molar-refractivity contribution >= 4 is 28.6 Å². The molecule has 0 unspecified atom stereocenters. The minimum atomic E-state index is -0.443. The predicted molar refractivity (Wildman–Crippen MR) is 89.5 cm³/mol. The van der Waals surface area contributed by atoms with E-state index >= 15 is 0 Å². The summed E-state index contributed by atoms with van der Waals surface area (Å²) in [6.07, 6.45) is 1.33. The molecule has 1 aliphatic heterocycles. The van der Waals surface area contributed by atoms with Crippen LogP contribution < -0.4 is 0 Å². The van der Waals surface area contributed by atoms with Crippen molar-refractivity contribution in [3.63, 3.8) is 0 Å². The number of imidazole rings is 1. The Labute approximate surface area is 139 Å². The van der Waals surface area contributed by atoms with Gasteiger partial charge >= 0.3 is 5.97 Å². The van der Waals surface area contributed by atoms with Crippen LogP contribution in [-0.2, 0) is 20.9 Å². The SMILES string of the molecule is Cc1nc2ccccc2n1CCCOC(=O)C1=NN(C)C(=O)CC1. The van der Waals surface area contributed by atoms with Crippen molar-refractivity contribution < 1.29 is 14.3 Å². The molecule has 0 saturated heterocycles. The summed E-state index contributed by atoms with van der Waals surface area (Å²) in [5.74, 6) is 0.412. The molecule has 1 aromatic heterocycles. The Morgan fingerprint density at radius 2 is 2.08 bits per heavy atom. The van der Waals surface area contributed by atoms with Gasteiger partial charge < -0.3 is 9.30 Å². The van der Waals surface area contributed by atoms with E-state index in [2.05, 4.69) is 14.7 Å². The fourth-order valence-corrected chi connectivity index (χ4v) is 2.77. The van der Waals surface area contributed by atoms with Crippen LogP contribution in [0.15, 0.2) is 29.4 Å². The van der Waals surface area contributed by atoms with E-state index in [1.165, 1.54) is 5.01 Å². The quantitative estimate of drug-likeness (QED) is 0.620. The van der Waals surface area contributed by atoms with Gasteiger partial charge in [-0.1, -0.05) is 12.1 Å². The van der Waals surface area contributed by atoms with Gasteiger partial charge in [-0.05, 0) is 25.5 Å². The zero-order valence-electron chi connectivity index (χ0n) is 13.9. The van der Waals surface area contributed by atoms with Gasteiger partial charge in [0.2, 0.25) is 5.91 Å². The highest BCUT2D eigenvalue weighted by molar-refractivity contribution is 6.37. The topological polar surface area (TPSA) is 76.8 Å². The van der Waals surface area contributed by atoms with Crippen molar-refractivity contribution in [1.82, 2.24) is 14.6 Å². The zero-order chi connectivity index (χ0) is 17.1. The van der Waals surface area contributed by atoms with E-state index in [4.69, 9.17) is 4.74 Å². The molecule has 2 aromatic rings. The molecule has 1 amide bonds. The van der Waals surface area contributed by atoms with E-state index in [-0.39, 0.29) is 5.91 Å². The number of para-hydroxylation sites is 2. The van der Waals surface area contributed by atoms with Gasteiger partial charge in [0.25, 0.3) is 0 Å². The largest absolute Gasteiger partial charge is 0.461 e. The molecule has 2 heterocycles. The Kier molecular flexibility index (Phi) is 4.59. The second-order valence-electron chi connectivity index (χ2n) is 5.75. The van der Waals surface area contributed by atoms with E-state index in [1.54, 1.807) is 7.05 Å². The first-order chi connectivity index (χ1) is 11.6. The van der Waals surface area contributed by atoms with Crippen LogP contribution in [0.3, 0.4) is 0 Å². The predicted octanol–water partition coefficient (Wildman–Crippen LogP) is 1.89. The van der Waals surface area contributed by atoms with Crippen molar-refractivity contribution in [2.45, 2.75) is 32.7 Å². The van der Waals surface area contributed by atoms with Crippen LogP contribution in [0.1, 0.15) is 25.1 Å². The summed E-state index contributed by atoms with van der Waals surface area (Å²) < 4.78 is 7.39. The highest BCUT2D eigenvalue weighted by atomic mass is 16.5. The van der Waals surface area contributed by atoms with Crippen molar-refractivity contribution in [2.75, 3.05) is 13.7 Å². The van der Waals surface area contributed by atoms with Crippen molar-refractivity contribution in [1.29, 1.82) is 0 Å². The molecule has 1 aliphatic rings. The normalized spacial score (nSPS) is 14.8. The highest BCUT2D eigenvalue weighted by Gasteiger charge is 2.22. The lowest BCUT2D eigenvalue weighted by molar-refractivity contribution is -0.136. The molecule has 0 aliphatic carbocycles. The summed E-state index contributed by atoms with van der Waals surface area (Å²) in [5, 5.41) is 5.15. The van der Waals surface area contributed by atoms with Crippen LogP contribution in [0.5, 0.6) is 0 Å². The van der Waals surface area contributed by atoms with Crippen LogP contribution in [-0.4, -0.2) is 45.8 Å². The molecule has 24 heavy (non-hydrogen) atoms. The summed E-state index contributed by atoms with van der Waals surface area (Å²) in [5.41, 5.74) is 2.36. The molecule has 0 bridgehead atoms. The molecule has 0 radical (unpaired) electrons. The number of esters is 1. The second kappa shape index (κ2) is 6.82. The molecule has 126 valence electrons. The van der Waals surface area contributed by atoms with Crippen molar-refractivity contribution in [3.8, 4) is 0 Å². The number of hydrogen-bond donors (Lipinski definition) is 0. The molecule has 0 spiro atoms. The molecule has 0 saturated carbocycles. The van der Waals surface area contributed by atoms with Gasteiger partial charge in [-0.2, -0.15) is 5.10 Å². The summed E-state index contributed by atoms with van der Waals surface area (Å²) in [6, 6.07) is 7.97. The average molecular weight is 328 g/mol. The number of aromatic nitrogens is 2. The smallest absolute Gasteiger partial charge is 0.354 e. The number of fused-ring (bicyclic) bond motifs is 1. The number of aryl methyl sites for hydroxylation is 2. The van der Waals surface area contributed by atoms with Crippen LogP contribution in [0, 0.1) is 6.92 Å². The van der Waals surface area contributed by atoms with Crippen molar-refractivity contribution in [3.05, 3.63) is 30.1 Å². The number of carbonyl (C=O) groups excluding carboxylic acids is 2. The number of carbonyl (C=O) groups is 2. The van der Waals surface area contributed by atoms with Gasteiger partial charge in [-0.15, -0.1) is 0 Å². The molecule has 7 nitrogen and oxygen atoms in total. The Morgan fingerprint density at radius 3 is 2.88 bits per heavy atom. The van der Waals surface area contributed by atoms with E-state index in [9.17, 15) is 9.59 Å². The third-order valence-electron chi connectivity index (χ3n) is 4.05. The van der Waals surface area contributed by atoms with E-state index in [0.717, 1.165) is 23.4 Å². The van der Waals surface area contributed by atoms with Crippen LogP contribution in [0.25, 0.3) is 11.0 Å². The van der Waals surface area contributed by atoms with Crippen LogP contribution in [0.4, 0.5) is 0 Å². The fraction of sp³-hybridized carbons (Fsp3) is 0.412. The van der Waals surface area contributed by atoms with Crippen molar-refractivity contribution in [2.24, 2.45) is 5.10 Å². The number of amides is 1. The van der Waals surface area contributed by atoms with Gasteiger partial charge in [0.05, 0.1) is 17.6 Å². The maximum atomic E-state index is 12.0. The number of benzene rings is 1. The molecule has 0 atom stereocenters. The third-order valence-corrected chi connectivity index (χ3v) is 4.05. The lowest BCUT2D eigenvalue weighted by atomic mass is 10.2. The summed E-state index contributed by atoms with van der Waals surface area (Å²) >= 11 is 0. The van der Waals surface area contributed by atoms with Crippen LogP contribution in [0.2, 0.25) is 0 Å². The Bertz CT molecular complexity index is 809. The van der Waals surface area contributed by atoms with Gasteiger partial charge in [0.1, 0.15) is 11.5 Å². The van der Waals surface area contributed by atoms with Gasteiger partial charge in [0, 0.05) is 26.4 Å². The number of ether oxygens (including phenoxy) is 1. The number of nitrogens with zero attached hydrogens (tertiary/aromatic N) is 4. The number of hydrazone groups is 1. The fourth-order valence-electron chi connectivity index (χ4n) is 2.77. The maximum absolute atomic E-state index is 12.0. The van der Waals surface area contributed by atoms with E-state index in [1.807, 2.05) is 31.2 Å². The maximum Gasteiger partial charge on any atom is 0.354 e. The number of hydrogen-bond acceptors (Lipinski definition) is 5. The molecular weight excluding hydrogens is 308 g/mol. The van der Waals surface area contributed by atoms with Gasteiger partial charge in [-0.25, -0.2) is 14.8 Å². The van der Waals surface area contributed by atoms with Crippen LogP contribution >= 0.6 is 0 Å². The molecule has 1 aromatic carbocycles. The summed E-state index contributed by atoms with van der Waals surface area (Å²) in [4.78, 5) is 27.8. The van der Waals surface area contributed by atoms with E-state index in [0.29, 0.717) is 31.6 Å². The second-order valence-corrected chi connectivity index (χ2v) is 5.75. The third kappa shape index (κ3) is 3.29. The first-order valence-corrected chi connectivity index (χ1v) is 7.99. The average Bonchev–Trinajstić information content (AvgIpc) is 2.89. The zero-order valence-corrected chi connectivity index (χ0v) is 13.9. The summed E-state index contributed by atoms with van der Waals surface area (Å²) in [7, 11) is 1.54. The Morgan fingerprint density at radius 1 is 1.29 bits per heavy atom. The molecule has 0 fully saturated rings. The molecular formula is C17H20N4O3. The first kappa shape index (κ1) is 16.2. The minimum absolute atomic E-state index is 0.0889. The van der Waals surface area contributed by atoms with E-state index < -0.39 is 5.97 Å². The highest BCUT2D eigenvalue weighted by Crippen LogP contribution is 2.16. The van der Waals surface area contributed by atoms with Gasteiger partial charge in [-0.3, -0.25) is 4.79 Å². The Balaban J connectivity index is 1.53. The van der Waals surface area contributed by atoms with Gasteiger partial charge in [0.15, 0.2) is 0 Å². The lowest BCUT2D eigenvalue weighted by Crippen LogP contribution is -2.32. The standard InChI is InChI=1S/C17H20N4O3/c1-12-18-13-6-3-4-7-15(13)21(12)10-5-11-24-17(23)14-8-9-16(22)20(2)19-14/h3-4,6-7H,5,8-11H2,1-2H3. The summed E-state index contributed by atoms with van der Waals surface area (Å²) in [6.45, 7) is 3.00. The molecule has 7 heteroatoms. The minimum Gasteiger partial charge on any atom is -0.461 e. The first-order valence-electron chi connectivity index (χ1n) is 7.99. The lowest BCUT2D eigenvalue weighted by Gasteiger charge is -2.18. The number of rotatable bonds is 5. The monoisotopic (exact) mass is 328 g/mol. The molecule has 3 rings (SSSR count). The Hall–Kier alpha value is -2.70. The molecule has 0 N–H and O–H groups in total.